The van der Waals surface area contributed by atoms with Crippen LogP contribution in [-0.4, -0.2) is 50.4 Å². The predicted octanol–water partition coefficient (Wildman–Crippen LogP) is 2.73. The second-order valence-corrected chi connectivity index (χ2v) is 7.22. The van der Waals surface area contributed by atoms with Gasteiger partial charge in [0.15, 0.2) is 11.6 Å². The smallest absolute Gasteiger partial charge is 0.289 e. The monoisotopic (exact) mass is 418 g/mol. The lowest BCUT2D eigenvalue weighted by Gasteiger charge is -2.06. The zero-order valence-corrected chi connectivity index (χ0v) is 17.2. The van der Waals surface area contributed by atoms with Gasteiger partial charge in [0.1, 0.15) is 12.3 Å². The van der Waals surface area contributed by atoms with Gasteiger partial charge in [0.2, 0.25) is 5.91 Å². The second kappa shape index (κ2) is 8.70. The van der Waals surface area contributed by atoms with Gasteiger partial charge in [0, 0.05) is 32.6 Å². The van der Waals surface area contributed by atoms with E-state index >= 15 is 0 Å². The van der Waals surface area contributed by atoms with Crippen molar-refractivity contribution in [1.29, 1.82) is 0 Å². The van der Waals surface area contributed by atoms with Crippen molar-refractivity contribution in [3.63, 3.8) is 0 Å². The molecule has 4 aromatic rings. The van der Waals surface area contributed by atoms with Crippen molar-refractivity contribution in [2.45, 2.75) is 13.1 Å². The minimum atomic E-state index is -0.248. The minimum absolute atomic E-state index is 0.0236. The van der Waals surface area contributed by atoms with E-state index in [2.05, 4.69) is 15.5 Å². The molecule has 9 heteroatoms. The highest BCUT2D eigenvalue weighted by Crippen LogP contribution is 2.22. The summed E-state index contributed by atoms with van der Waals surface area (Å²) >= 11 is 0. The lowest BCUT2D eigenvalue weighted by molar-refractivity contribution is -0.116. The molecule has 0 atom stereocenters. The van der Waals surface area contributed by atoms with Gasteiger partial charge in [0.25, 0.3) is 5.91 Å². The van der Waals surface area contributed by atoms with Crippen LogP contribution in [-0.2, 0) is 17.9 Å². The van der Waals surface area contributed by atoms with Gasteiger partial charge in [-0.1, -0.05) is 30.3 Å². The highest BCUT2D eigenvalue weighted by molar-refractivity contribution is 5.91. The van der Waals surface area contributed by atoms with E-state index < -0.39 is 0 Å². The molecule has 0 bridgehead atoms. The van der Waals surface area contributed by atoms with Crippen LogP contribution in [0, 0.1) is 0 Å². The fourth-order valence-electron chi connectivity index (χ4n) is 3.02. The van der Waals surface area contributed by atoms with Crippen LogP contribution in [0.25, 0.3) is 11.3 Å². The van der Waals surface area contributed by atoms with Crippen molar-refractivity contribution in [2.75, 3.05) is 19.4 Å². The lowest BCUT2D eigenvalue weighted by atomic mass is 10.2. The molecule has 0 spiro atoms. The Morgan fingerprint density at radius 3 is 2.65 bits per heavy atom. The molecule has 1 N–H and O–H groups in total. The van der Waals surface area contributed by atoms with Crippen LogP contribution in [0.3, 0.4) is 0 Å². The summed E-state index contributed by atoms with van der Waals surface area (Å²) in [5, 5.41) is 11.3. The molecule has 0 aliphatic carbocycles. The van der Waals surface area contributed by atoms with Crippen molar-refractivity contribution in [2.24, 2.45) is 0 Å². The molecule has 0 saturated carbocycles. The molecule has 1 aromatic carbocycles. The number of anilines is 1. The normalized spacial score (nSPS) is 10.8. The third-order valence-electron chi connectivity index (χ3n) is 4.54. The number of carbonyl (C=O) groups is 2. The number of rotatable bonds is 7. The third kappa shape index (κ3) is 4.89. The highest BCUT2D eigenvalue weighted by Gasteiger charge is 2.15. The number of amides is 2. The van der Waals surface area contributed by atoms with Crippen LogP contribution in [0.4, 0.5) is 5.82 Å². The molecule has 0 saturated heterocycles. The summed E-state index contributed by atoms with van der Waals surface area (Å²) in [7, 11) is 3.32. The fraction of sp³-hybridized carbons (Fsp3) is 0.182. The van der Waals surface area contributed by atoms with E-state index in [-0.39, 0.29) is 24.1 Å². The van der Waals surface area contributed by atoms with E-state index in [4.69, 9.17) is 4.42 Å². The van der Waals surface area contributed by atoms with Crippen LogP contribution in [0.15, 0.2) is 71.5 Å². The van der Waals surface area contributed by atoms with Gasteiger partial charge < -0.3 is 14.6 Å². The highest BCUT2D eigenvalue weighted by atomic mass is 16.4. The number of nitrogens with zero attached hydrogens (tertiary/aromatic N) is 5. The summed E-state index contributed by atoms with van der Waals surface area (Å²) < 4.78 is 8.87. The van der Waals surface area contributed by atoms with Gasteiger partial charge in [-0.15, -0.1) is 0 Å². The number of aromatic nitrogens is 4. The number of hydrogen-bond acceptors (Lipinski definition) is 5. The van der Waals surface area contributed by atoms with Gasteiger partial charge in [-0.05, 0) is 17.7 Å². The van der Waals surface area contributed by atoms with Crippen LogP contribution in [0.2, 0.25) is 0 Å². The molecule has 158 valence electrons. The molecule has 3 aromatic heterocycles. The Balaban J connectivity index is 1.35. The molecule has 31 heavy (non-hydrogen) atoms. The molecule has 4 rings (SSSR count). The van der Waals surface area contributed by atoms with Crippen LogP contribution in [0.1, 0.15) is 16.1 Å². The van der Waals surface area contributed by atoms with E-state index in [0.717, 1.165) is 5.56 Å². The maximum atomic E-state index is 12.4. The maximum Gasteiger partial charge on any atom is 0.289 e. The average Bonchev–Trinajstić information content (AvgIpc) is 3.49. The van der Waals surface area contributed by atoms with Gasteiger partial charge in [-0.2, -0.15) is 10.2 Å². The first-order chi connectivity index (χ1) is 15.0. The van der Waals surface area contributed by atoms with Crippen LogP contribution < -0.4 is 5.32 Å². The summed E-state index contributed by atoms with van der Waals surface area (Å²) in [6.07, 6.45) is 5.10. The van der Waals surface area contributed by atoms with E-state index in [1.807, 2.05) is 36.5 Å². The second-order valence-electron chi connectivity index (χ2n) is 7.22. The van der Waals surface area contributed by atoms with Crippen molar-refractivity contribution >= 4 is 17.6 Å². The summed E-state index contributed by atoms with van der Waals surface area (Å²) in [6.45, 7) is 0.649. The largest absolute Gasteiger partial charge is 0.451 e. The van der Waals surface area contributed by atoms with Crippen molar-refractivity contribution in [1.82, 2.24) is 24.5 Å². The van der Waals surface area contributed by atoms with E-state index in [1.54, 1.807) is 49.4 Å². The van der Waals surface area contributed by atoms with Crippen molar-refractivity contribution in [3.8, 4) is 11.3 Å². The van der Waals surface area contributed by atoms with Crippen molar-refractivity contribution < 1.29 is 14.0 Å². The molecule has 0 aliphatic heterocycles. The SMILES string of the molecule is CN(C)C(=O)c1ccc(-c2cnn(CC(=O)Nc3ccn(Cc4ccccc4)n3)c2)o1. The standard InChI is InChI=1S/C22H22N6O3/c1-26(2)22(30)19-9-8-18(31-19)17-12-23-28(14-17)15-21(29)24-20-10-11-27(25-20)13-16-6-4-3-5-7-16/h3-12,14H,13,15H2,1-2H3,(H,24,25,29). The number of hydrogen-bond donors (Lipinski definition) is 1. The Morgan fingerprint density at radius 1 is 1.06 bits per heavy atom. The summed E-state index contributed by atoms with van der Waals surface area (Å²) in [5.74, 6) is 0.770. The Labute approximate surface area is 178 Å². The van der Waals surface area contributed by atoms with Crippen LogP contribution >= 0.6 is 0 Å². The Bertz CT molecular complexity index is 1190. The number of nitrogens with one attached hydrogen (secondary N) is 1. The molecule has 2 amide bonds. The van der Waals surface area contributed by atoms with Gasteiger partial charge >= 0.3 is 0 Å². The number of benzene rings is 1. The minimum Gasteiger partial charge on any atom is -0.451 e. The predicted molar refractivity (Wildman–Crippen MR) is 114 cm³/mol. The van der Waals surface area contributed by atoms with E-state index in [9.17, 15) is 9.59 Å². The first-order valence-corrected chi connectivity index (χ1v) is 9.69. The molecule has 0 radical (unpaired) electrons. The topological polar surface area (TPSA) is 98.2 Å². The Kier molecular flexibility index (Phi) is 5.65. The third-order valence-corrected chi connectivity index (χ3v) is 4.54. The molecular formula is C22H22N6O3. The molecule has 0 unspecified atom stereocenters. The molecular weight excluding hydrogens is 396 g/mol. The van der Waals surface area contributed by atoms with Gasteiger partial charge in [-0.3, -0.25) is 19.0 Å². The zero-order chi connectivity index (χ0) is 21.8. The maximum absolute atomic E-state index is 12.4. The van der Waals surface area contributed by atoms with Gasteiger partial charge in [0.05, 0.1) is 18.3 Å². The quantitative estimate of drug-likeness (QED) is 0.498. The average molecular weight is 418 g/mol. The van der Waals surface area contributed by atoms with Crippen LogP contribution in [0.5, 0.6) is 0 Å². The summed E-state index contributed by atoms with van der Waals surface area (Å²) in [4.78, 5) is 25.8. The van der Waals surface area contributed by atoms with Crippen molar-refractivity contribution in [3.05, 3.63) is 78.4 Å². The number of furan rings is 1. The fourth-order valence-corrected chi connectivity index (χ4v) is 3.02. The zero-order valence-electron chi connectivity index (χ0n) is 17.2. The first kappa shape index (κ1) is 20.1. The van der Waals surface area contributed by atoms with Gasteiger partial charge in [-0.25, -0.2) is 0 Å². The lowest BCUT2D eigenvalue weighted by Crippen LogP contribution is -2.20. The molecule has 9 nitrogen and oxygen atoms in total. The number of carbonyl (C=O) groups excluding carboxylic acids is 2. The Hall–Kier alpha value is -4.14. The molecule has 0 fully saturated rings. The van der Waals surface area contributed by atoms with E-state index in [0.29, 0.717) is 23.7 Å². The molecule has 0 aliphatic rings. The summed E-state index contributed by atoms with van der Waals surface area (Å²) in [5.41, 5.74) is 1.80. The first-order valence-electron chi connectivity index (χ1n) is 9.69. The molecule has 3 heterocycles. The van der Waals surface area contributed by atoms with E-state index in [1.165, 1.54) is 9.58 Å². The Morgan fingerprint density at radius 2 is 1.87 bits per heavy atom. The summed E-state index contributed by atoms with van der Waals surface area (Å²) in [6, 6.07) is 15.0.